The molecule has 0 saturated heterocycles. The van der Waals surface area contributed by atoms with Crippen molar-refractivity contribution in [2.45, 2.75) is 24.9 Å². The number of ketones is 1. The van der Waals surface area contributed by atoms with Gasteiger partial charge >= 0.3 is 6.09 Å². The maximum atomic E-state index is 12.9. The van der Waals surface area contributed by atoms with E-state index < -0.39 is 11.7 Å². The highest BCUT2D eigenvalue weighted by Crippen LogP contribution is 2.32. The topological polar surface area (TPSA) is 75.6 Å². The second-order valence-corrected chi connectivity index (χ2v) is 5.74. The predicted octanol–water partition coefficient (Wildman–Crippen LogP) is 3.02. The van der Waals surface area contributed by atoms with Crippen LogP contribution in [-0.2, 0) is 15.1 Å². The van der Waals surface area contributed by atoms with Crippen LogP contribution in [0.15, 0.2) is 60.7 Å². The standard InChI is InChI=1S/C20H23NO4/c1-25-19(23)21-15-9-8-14-18(22)20(24,16-10-4-2-5-11-16)17-12-6-3-7-13-17/h2-7,10-13,24H,8-9,14-15H2,1H3,(H,21,23). The lowest BCUT2D eigenvalue weighted by Crippen LogP contribution is -2.37. The average molecular weight is 341 g/mol. The van der Waals surface area contributed by atoms with Crippen molar-refractivity contribution in [1.82, 2.24) is 5.32 Å². The van der Waals surface area contributed by atoms with Gasteiger partial charge in [-0.15, -0.1) is 0 Å². The van der Waals surface area contributed by atoms with Crippen LogP contribution in [0.1, 0.15) is 30.4 Å². The number of carbonyl (C=O) groups excluding carboxylic acids is 2. The Morgan fingerprint density at radius 1 is 0.960 bits per heavy atom. The molecule has 0 saturated carbocycles. The number of Topliss-reactive ketones (excluding diaryl/α,β-unsaturated/α-hetero) is 1. The number of benzene rings is 2. The zero-order valence-corrected chi connectivity index (χ0v) is 14.3. The van der Waals surface area contributed by atoms with Gasteiger partial charge in [-0.3, -0.25) is 4.79 Å². The number of rotatable bonds is 8. The molecule has 0 spiro atoms. The van der Waals surface area contributed by atoms with E-state index in [2.05, 4.69) is 10.1 Å². The van der Waals surface area contributed by atoms with Gasteiger partial charge in [0.1, 0.15) is 0 Å². The van der Waals surface area contributed by atoms with Gasteiger partial charge in [-0.2, -0.15) is 0 Å². The zero-order valence-electron chi connectivity index (χ0n) is 14.3. The third kappa shape index (κ3) is 4.67. The van der Waals surface area contributed by atoms with Crippen LogP contribution in [0, 0.1) is 0 Å². The minimum Gasteiger partial charge on any atom is -0.453 e. The Balaban J connectivity index is 2.09. The molecule has 0 aliphatic heterocycles. The molecular formula is C20H23NO4. The second kappa shape index (κ2) is 8.99. The smallest absolute Gasteiger partial charge is 0.406 e. The first kappa shape index (κ1) is 18.7. The number of unbranched alkanes of at least 4 members (excludes halogenated alkanes) is 1. The van der Waals surface area contributed by atoms with Gasteiger partial charge < -0.3 is 15.2 Å². The van der Waals surface area contributed by atoms with Crippen molar-refractivity contribution in [3.8, 4) is 0 Å². The minimum atomic E-state index is -1.67. The molecule has 25 heavy (non-hydrogen) atoms. The first-order valence-electron chi connectivity index (χ1n) is 8.27. The third-order valence-corrected chi connectivity index (χ3v) is 4.07. The largest absolute Gasteiger partial charge is 0.453 e. The predicted molar refractivity (Wildman–Crippen MR) is 95.1 cm³/mol. The highest BCUT2D eigenvalue weighted by Gasteiger charge is 2.38. The highest BCUT2D eigenvalue weighted by atomic mass is 16.5. The number of methoxy groups -OCH3 is 1. The molecule has 2 aromatic rings. The number of hydrogen-bond acceptors (Lipinski definition) is 4. The van der Waals surface area contributed by atoms with Crippen LogP contribution in [0.3, 0.4) is 0 Å². The maximum Gasteiger partial charge on any atom is 0.406 e. The molecule has 0 bridgehead atoms. The summed E-state index contributed by atoms with van der Waals surface area (Å²) in [5.74, 6) is -0.261. The average Bonchev–Trinajstić information content (AvgIpc) is 2.68. The van der Waals surface area contributed by atoms with Crippen molar-refractivity contribution < 1.29 is 19.4 Å². The van der Waals surface area contributed by atoms with Gasteiger partial charge in [-0.1, -0.05) is 60.7 Å². The lowest BCUT2D eigenvalue weighted by molar-refractivity contribution is -0.134. The van der Waals surface area contributed by atoms with Crippen LogP contribution in [-0.4, -0.2) is 30.6 Å². The number of carbonyl (C=O) groups is 2. The normalized spacial score (nSPS) is 11.0. The number of hydrogen-bond donors (Lipinski definition) is 2. The number of ether oxygens (including phenoxy) is 1. The molecule has 0 unspecified atom stereocenters. The second-order valence-electron chi connectivity index (χ2n) is 5.74. The molecule has 132 valence electrons. The maximum absolute atomic E-state index is 12.9. The Morgan fingerprint density at radius 3 is 1.96 bits per heavy atom. The number of nitrogens with one attached hydrogen (secondary N) is 1. The molecule has 2 rings (SSSR count). The molecule has 5 heteroatoms. The van der Waals surface area contributed by atoms with Gasteiger partial charge in [0.05, 0.1) is 7.11 Å². The summed E-state index contributed by atoms with van der Waals surface area (Å²) in [5.41, 5.74) is -0.559. The fraction of sp³-hybridized carbons (Fsp3) is 0.300. The fourth-order valence-corrected chi connectivity index (χ4v) is 2.70. The summed E-state index contributed by atoms with van der Waals surface area (Å²) in [6.07, 6.45) is 0.908. The van der Waals surface area contributed by atoms with E-state index in [-0.39, 0.29) is 12.2 Å². The minimum absolute atomic E-state index is 0.211. The molecule has 5 nitrogen and oxygen atoms in total. The summed E-state index contributed by atoms with van der Waals surface area (Å²) in [5, 5.41) is 13.8. The van der Waals surface area contributed by atoms with Crippen LogP contribution in [0.2, 0.25) is 0 Å². The first-order valence-corrected chi connectivity index (χ1v) is 8.27. The molecular weight excluding hydrogens is 318 g/mol. The Morgan fingerprint density at radius 2 is 1.48 bits per heavy atom. The molecule has 0 aliphatic carbocycles. The van der Waals surface area contributed by atoms with E-state index in [9.17, 15) is 14.7 Å². The van der Waals surface area contributed by atoms with E-state index in [0.717, 1.165) is 0 Å². The Bertz CT molecular complexity index is 646. The van der Waals surface area contributed by atoms with Crippen molar-refractivity contribution >= 4 is 11.9 Å². The van der Waals surface area contributed by atoms with Crippen LogP contribution < -0.4 is 5.32 Å². The van der Waals surface area contributed by atoms with Gasteiger partial charge in [0, 0.05) is 13.0 Å². The molecule has 0 atom stereocenters. The molecule has 0 aromatic heterocycles. The Hall–Kier alpha value is -2.66. The quantitative estimate of drug-likeness (QED) is 0.724. The van der Waals surface area contributed by atoms with E-state index in [1.54, 1.807) is 48.5 Å². The summed E-state index contributed by atoms with van der Waals surface area (Å²) in [4.78, 5) is 23.9. The molecule has 0 fully saturated rings. The monoisotopic (exact) mass is 341 g/mol. The van der Waals surface area contributed by atoms with Crippen molar-refractivity contribution in [2.75, 3.05) is 13.7 Å². The first-order chi connectivity index (χ1) is 12.1. The highest BCUT2D eigenvalue weighted by molar-refractivity contribution is 5.91. The Labute approximate surface area is 147 Å². The summed E-state index contributed by atoms with van der Waals surface area (Å²) in [6.45, 7) is 0.426. The van der Waals surface area contributed by atoms with Gasteiger partial charge in [0.25, 0.3) is 0 Å². The van der Waals surface area contributed by atoms with E-state index >= 15 is 0 Å². The number of amides is 1. The van der Waals surface area contributed by atoms with Gasteiger partial charge in [0.2, 0.25) is 0 Å². The SMILES string of the molecule is COC(=O)NCCCCC(=O)C(O)(c1ccccc1)c1ccccc1. The van der Waals surface area contributed by atoms with Crippen molar-refractivity contribution in [1.29, 1.82) is 0 Å². The van der Waals surface area contributed by atoms with Gasteiger partial charge in [-0.25, -0.2) is 4.79 Å². The summed E-state index contributed by atoms with van der Waals surface area (Å²) >= 11 is 0. The Kier molecular flexibility index (Phi) is 6.71. The van der Waals surface area contributed by atoms with Crippen LogP contribution in [0.25, 0.3) is 0 Å². The lowest BCUT2D eigenvalue weighted by atomic mass is 9.81. The van der Waals surface area contributed by atoms with E-state index in [1.165, 1.54) is 7.11 Å². The van der Waals surface area contributed by atoms with Crippen LogP contribution >= 0.6 is 0 Å². The zero-order chi connectivity index (χ0) is 18.1. The number of aliphatic hydroxyl groups is 1. The van der Waals surface area contributed by atoms with Crippen molar-refractivity contribution in [3.63, 3.8) is 0 Å². The molecule has 2 aromatic carbocycles. The van der Waals surface area contributed by atoms with E-state index in [4.69, 9.17) is 0 Å². The fourth-order valence-electron chi connectivity index (χ4n) is 2.70. The van der Waals surface area contributed by atoms with Gasteiger partial charge in [0.15, 0.2) is 11.4 Å². The summed E-state index contributed by atoms with van der Waals surface area (Å²) < 4.78 is 4.49. The molecule has 2 N–H and O–H groups in total. The van der Waals surface area contributed by atoms with Gasteiger partial charge in [-0.05, 0) is 24.0 Å². The molecule has 0 aliphatic rings. The van der Waals surface area contributed by atoms with E-state index in [1.807, 2.05) is 12.1 Å². The third-order valence-electron chi connectivity index (χ3n) is 4.07. The van der Waals surface area contributed by atoms with Crippen molar-refractivity contribution in [3.05, 3.63) is 71.8 Å². The van der Waals surface area contributed by atoms with Crippen LogP contribution in [0.4, 0.5) is 4.79 Å². The molecule has 0 heterocycles. The van der Waals surface area contributed by atoms with Crippen LogP contribution in [0.5, 0.6) is 0 Å². The molecule has 1 amide bonds. The summed E-state index contributed by atoms with van der Waals surface area (Å²) in [6, 6.07) is 17.9. The van der Waals surface area contributed by atoms with E-state index in [0.29, 0.717) is 30.5 Å². The van der Waals surface area contributed by atoms with Crippen molar-refractivity contribution in [2.24, 2.45) is 0 Å². The molecule has 0 radical (unpaired) electrons. The summed E-state index contributed by atoms with van der Waals surface area (Å²) in [7, 11) is 1.30. The lowest BCUT2D eigenvalue weighted by Gasteiger charge is -2.28. The number of alkyl carbamates (subject to hydrolysis) is 1.